The van der Waals surface area contributed by atoms with Crippen molar-refractivity contribution in [3.05, 3.63) is 38.3 Å². The lowest BCUT2D eigenvalue weighted by Crippen LogP contribution is -2.42. The molecule has 1 aliphatic heterocycles. The van der Waals surface area contributed by atoms with E-state index in [4.69, 9.17) is 29.7 Å². The Hall–Kier alpha value is -2.32. The van der Waals surface area contributed by atoms with Crippen LogP contribution in [0.1, 0.15) is 29.2 Å². The van der Waals surface area contributed by atoms with Gasteiger partial charge in [0.15, 0.2) is 5.60 Å². The van der Waals surface area contributed by atoms with Crippen LogP contribution in [0.5, 0.6) is 0 Å². The molecule has 0 aromatic carbocycles. The molecule has 0 spiro atoms. The first kappa shape index (κ1) is 26.9. The number of thiophene rings is 1. The number of hydrogen-bond donors (Lipinski definition) is 5. The van der Waals surface area contributed by atoms with Gasteiger partial charge in [-0.1, -0.05) is 5.16 Å². The van der Waals surface area contributed by atoms with Gasteiger partial charge in [0.1, 0.15) is 5.76 Å². The van der Waals surface area contributed by atoms with E-state index in [-0.39, 0.29) is 0 Å². The lowest BCUT2D eigenvalue weighted by molar-refractivity contribution is -0.170. The second-order valence-corrected chi connectivity index (χ2v) is 10.2. The summed E-state index contributed by atoms with van der Waals surface area (Å²) in [6, 6.07) is 6.61. The summed E-state index contributed by atoms with van der Waals surface area (Å²) in [7, 11) is 0. The Morgan fingerprint density at radius 2 is 1.88 bits per heavy atom. The number of ether oxygens (including phenoxy) is 1. The van der Waals surface area contributed by atoms with Crippen molar-refractivity contribution in [3.8, 4) is 0 Å². The van der Waals surface area contributed by atoms with Gasteiger partial charge >= 0.3 is 17.9 Å². The van der Waals surface area contributed by atoms with Gasteiger partial charge in [-0.2, -0.15) is 0 Å². The number of rotatable bonds is 10. The van der Waals surface area contributed by atoms with Gasteiger partial charge in [0, 0.05) is 35.9 Å². The molecule has 0 bridgehead atoms. The Balaban J connectivity index is 0.000000260. The summed E-state index contributed by atoms with van der Waals surface area (Å²) in [4.78, 5) is 31.8. The summed E-state index contributed by atoms with van der Waals surface area (Å²) < 4.78 is 12.1. The molecule has 2 atom stereocenters. The first-order valence-corrected chi connectivity index (χ1v) is 11.5. The van der Waals surface area contributed by atoms with Gasteiger partial charge in [-0.25, -0.2) is 4.79 Å². The Labute approximate surface area is 201 Å². The van der Waals surface area contributed by atoms with Crippen molar-refractivity contribution in [2.75, 3.05) is 13.2 Å². The van der Waals surface area contributed by atoms with Gasteiger partial charge in [0.05, 0.1) is 35.5 Å². The van der Waals surface area contributed by atoms with E-state index in [2.05, 4.69) is 38.5 Å². The fourth-order valence-electron chi connectivity index (χ4n) is 3.19. The standard InChI is InChI=1S/C14H17BrN2O2S.C6H8O7/c1-9-4-11(19-17-9)5-10-7-18-8-13(10)16-6-12-2-3-14(15)20-12;7-3(8)1-6(13,5(11)12)2-4(9)10/h2-4,10,13,16H,5-8H2,1H3;13H,1-2H2,(H,7,8)(H,9,10)(H,11,12)/t10-,13-;/m1./s1. The number of carboxylic acids is 3. The van der Waals surface area contributed by atoms with Crippen LogP contribution in [-0.4, -0.2) is 68.3 Å². The molecule has 11 nitrogen and oxygen atoms in total. The number of hydrogen-bond acceptors (Lipinski definition) is 9. The summed E-state index contributed by atoms with van der Waals surface area (Å²) in [6.07, 6.45) is -1.41. The highest BCUT2D eigenvalue weighted by Crippen LogP contribution is 2.24. The molecule has 2 aromatic heterocycles. The first-order chi connectivity index (χ1) is 15.5. The topological polar surface area (TPSA) is 179 Å². The van der Waals surface area contributed by atoms with Crippen LogP contribution in [0, 0.1) is 12.8 Å². The molecule has 0 unspecified atom stereocenters. The summed E-state index contributed by atoms with van der Waals surface area (Å²) >= 11 is 5.26. The average Bonchev–Trinajstić information content (AvgIpc) is 3.42. The number of aromatic nitrogens is 1. The van der Waals surface area contributed by atoms with Gasteiger partial charge in [-0.3, -0.25) is 9.59 Å². The zero-order valence-corrected chi connectivity index (χ0v) is 20.1. The molecule has 3 rings (SSSR count). The van der Waals surface area contributed by atoms with Crippen LogP contribution in [0.2, 0.25) is 0 Å². The van der Waals surface area contributed by atoms with Crippen LogP contribution in [0.4, 0.5) is 0 Å². The van der Waals surface area contributed by atoms with E-state index in [1.807, 2.05) is 13.0 Å². The summed E-state index contributed by atoms with van der Waals surface area (Å²) in [6.45, 7) is 4.38. The predicted molar refractivity (Wildman–Crippen MR) is 119 cm³/mol. The smallest absolute Gasteiger partial charge is 0.336 e. The first-order valence-electron chi connectivity index (χ1n) is 9.85. The number of aliphatic carboxylic acids is 3. The Kier molecular flexibility index (Phi) is 9.98. The van der Waals surface area contributed by atoms with Gasteiger partial charge < -0.3 is 35.0 Å². The van der Waals surface area contributed by atoms with E-state index in [0.29, 0.717) is 12.0 Å². The maximum atomic E-state index is 10.3. The molecule has 13 heteroatoms. The minimum atomic E-state index is -2.74. The van der Waals surface area contributed by atoms with E-state index in [9.17, 15) is 14.4 Å². The average molecular weight is 549 g/mol. The van der Waals surface area contributed by atoms with Gasteiger partial charge in [-0.05, 0) is 35.0 Å². The number of aliphatic hydroxyl groups is 1. The van der Waals surface area contributed by atoms with Gasteiger partial charge in [0.2, 0.25) is 0 Å². The highest BCUT2D eigenvalue weighted by atomic mass is 79.9. The molecule has 1 saturated heterocycles. The zero-order chi connectivity index (χ0) is 24.6. The molecule has 3 heterocycles. The Morgan fingerprint density at radius 3 is 2.36 bits per heavy atom. The summed E-state index contributed by atoms with van der Waals surface area (Å²) in [5.74, 6) is -3.62. The van der Waals surface area contributed by atoms with E-state index >= 15 is 0 Å². The number of carbonyl (C=O) groups is 3. The Morgan fingerprint density at radius 1 is 1.21 bits per heavy atom. The maximum absolute atomic E-state index is 10.3. The summed E-state index contributed by atoms with van der Waals surface area (Å²) in [5, 5.41) is 41.3. The van der Waals surface area contributed by atoms with Crippen LogP contribution in [0.25, 0.3) is 0 Å². The minimum Gasteiger partial charge on any atom is -0.481 e. The highest BCUT2D eigenvalue weighted by molar-refractivity contribution is 9.11. The largest absolute Gasteiger partial charge is 0.481 e. The number of carboxylic acid groups (broad SMARTS) is 3. The molecule has 0 saturated carbocycles. The molecule has 0 aliphatic carbocycles. The molecular weight excluding hydrogens is 524 g/mol. The van der Waals surface area contributed by atoms with Crippen molar-refractivity contribution in [3.63, 3.8) is 0 Å². The molecule has 182 valence electrons. The normalized spacial score (nSPS) is 17.9. The van der Waals surface area contributed by atoms with Crippen molar-refractivity contribution >= 4 is 45.2 Å². The highest BCUT2D eigenvalue weighted by Gasteiger charge is 2.40. The molecule has 1 aliphatic rings. The predicted octanol–water partition coefficient (Wildman–Crippen LogP) is 1.91. The molecule has 0 radical (unpaired) electrons. The minimum absolute atomic E-state index is 0.376. The van der Waals surface area contributed by atoms with Crippen molar-refractivity contribution in [1.82, 2.24) is 10.5 Å². The maximum Gasteiger partial charge on any atom is 0.336 e. The van der Waals surface area contributed by atoms with Crippen molar-refractivity contribution in [2.24, 2.45) is 5.92 Å². The van der Waals surface area contributed by atoms with Crippen LogP contribution in [0.15, 0.2) is 26.5 Å². The molecule has 1 fully saturated rings. The monoisotopic (exact) mass is 548 g/mol. The SMILES string of the molecule is Cc1cc(C[C@@H]2COC[C@H]2NCc2ccc(Br)s2)on1.O=C(O)CC(O)(CC(=O)O)C(=O)O. The third-order valence-electron chi connectivity index (χ3n) is 4.79. The number of nitrogens with zero attached hydrogens (tertiary/aromatic N) is 1. The molecule has 0 amide bonds. The fraction of sp³-hybridized carbons (Fsp3) is 0.500. The molecule has 2 aromatic rings. The zero-order valence-electron chi connectivity index (χ0n) is 17.7. The third kappa shape index (κ3) is 8.85. The summed E-state index contributed by atoms with van der Waals surface area (Å²) in [5.41, 5.74) is -1.80. The second kappa shape index (κ2) is 12.2. The van der Waals surface area contributed by atoms with E-state index in [1.165, 1.54) is 8.66 Å². The van der Waals surface area contributed by atoms with Crippen LogP contribution in [0.3, 0.4) is 0 Å². The number of nitrogens with one attached hydrogen (secondary N) is 1. The fourth-order valence-corrected chi connectivity index (χ4v) is 4.62. The van der Waals surface area contributed by atoms with Gasteiger partial charge in [0.25, 0.3) is 0 Å². The quantitative estimate of drug-likeness (QED) is 0.292. The molecular formula is C20H25BrN2O9S. The molecule has 33 heavy (non-hydrogen) atoms. The third-order valence-corrected chi connectivity index (χ3v) is 6.41. The van der Waals surface area contributed by atoms with E-state index in [0.717, 1.165) is 37.6 Å². The van der Waals surface area contributed by atoms with Crippen molar-refractivity contribution in [1.29, 1.82) is 0 Å². The molecule has 5 N–H and O–H groups in total. The number of halogens is 1. The van der Waals surface area contributed by atoms with Crippen LogP contribution in [-0.2, 0) is 32.1 Å². The van der Waals surface area contributed by atoms with Crippen molar-refractivity contribution < 1.29 is 44.1 Å². The van der Waals surface area contributed by atoms with E-state index < -0.39 is 36.4 Å². The lowest BCUT2D eigenvalue weighted by atomic mass is 9.96. The Bertz CT molecular complexity index is 945. The van der Waals surface area contributed by atoms with E-state index in [1.54, 1.807) is 11.3 Å². The van der Waals surface area contributed by atoms with Crippen LogP contribution < -0.4 is 5.32 Å². The number of aryl methyl sites for hydroxylation is 1. The van der Waals surface area contributed by atoms with Gasteiger partial charge in [-0.15, -0.1) is 11.3 Å². The van der Waals surface area contributed by atoms with Crippen molar-refractivity contribution in [2.45, 2.75) is 44.4 Å². The van der Waals surface area contributed by atoms with Crippen LogP contribution >= 0.6 is 27.3 Å². The lowest BCUT2D eigenvalue weighted by Gasteiger charge is -2.18. The second-order valence-electron chi connectivity index (χ2n) is 7.61.